The van der Waals surface area contributed by atoms with Crippen LogP contribution in [-0.4, -0.2) is 26.1 Å². The van der Waals surface area contributed by atoms with Crippen LogP contribution in [0.5, 0.6) is 0 Å². The first-order valence-electron chi connectivity index (χ1n) is 6.19. The number of aryl methyl sites for hydroxylation is 1. The zero-order valence-electron chi connectivity index (χ0n) is 11.2. The van der Waals surface area contributed by atoms with E-state index in [-0.39, 0.29) is 22.8 Å². The molecule has 3 aromatic rings. The van der Waals surface area contributed by atoms with Crippen molar-refractivity contribution in [3.05, 3.63) is 45.7 Å². The molecule has 0 saturated carbocycles. The molecule has 21 heavy (non-hydrogen) atoms. The number of hydrogen-bond donors (Lipinski definition) is 3. The summed E-state index contributed by atoms with van der Waals surface area (Å²) in [7, 11) is 0. The molecule has 0 spiro atoms. The molecule has 8 nitrogen and oxygen atoms in total. The number of rotatable bonds is 2. The molecular weight excluding hydrogens is 270 g/mol. The lowest BCUT2D eigenvalue weighted by atomic mass is 10.2. The monoisotopic (exact) mass is 283 g/mol. The number of nitrogens with two attached hydrogens (primary N) is 2. The third-order valence-corrected chi connectivity index (χ3v) is 3.02. The zero-order chi connectivity index (χ0) is 15.0. The highest BCUT2D eigenvalue weighted by Crippen LogP contribution is 2.12. The van der Waals surface area contributed by atoms with E-state index in [1.165, 1.54) is 6.21 Å². The van der Waals surface area contributed by atoms with Crippen LogP contribution >= 0.6 is 0 Å². The number of nitrogen functional groups attached to an aromatic ring is 2. The van der Waals surface area contributed by atoms with Gasteiger partial charge in [-0.3, -0.25) is 9.89 Å². The summed E-state index contributed by atoms with van der Waals surface area (Å²) in [4.78, 5) is 16.3. The second kappa shape index (κ2) is 4.75. The van der Waals surface area contributed by atoms with E-state index in [4.69, 9.17) is 11.5 Å². The van der Waals surface area contributed by atoms with Gasteiger partial charge in [0.2, 0.25) is 5.95 Å². The summed E-state index contributed by atoms with van der Waals surface area (Å²) in [5.74, 6) is 0.0872. The third-order valence-electron chi connectivity index (χ3n) is 3.02. The van der Waals surface area contributed by atoms with Gasteiger partial charge in [0.05, 0.1) is 6.21 Å². The second-order valence-corrected chi connectivity index (χ2v) is 4.58. The van der Waals surface area contributed by atoms with Gasteiger partial charge in [-0.1, -0.05) is 29.8 Å². The first kappa shape index (κ1) is 12.9. The Bertz CT molecular complexity index is 889. The van der Waals surface area contributed by atoms with Crippen LogP contribution in [0.4, 0.5) is 11.8 Å². The van der Waals surface area contributed by atoms with Crippen LogP contribution in [0.3, 0.4) is 0 Å². The van der Waals surface area contributed by atoms with Gasteiger partial charge < -0.3 is 11.5 Å². The Labute approximate surface area is 119 Å². The average Bonchev–Trinajstić information content (AvgIpc) is 2.82. The minimum Gasteiger partial charge on any atom is -0.383 e. The molecule has 0 saturated heterocycles. The van der Waals surface area contributed by atoms with Crippen molar-refractivity contribution in [2.45, 2.75) is 6.92 Å². The molecule has 0 amide bonds. The van der Waals surface area contributed by atoms with Crippen molar-refractivity contribution in [2.75, 3.05) is 11.5 Å². The lowest BCUT2D eigenvalue weighted by Gasteiger charge is -2.02. The van der Waals surface area contributed by atoms with Crippen molar-refractivity contribution in [1.82, 2.24) is 19.9 Å². The molecule has 0 bridgehead atoms. The van der Waals surface area contributed by atoms with Crippen LogP contribution < -0.4 is 17.0 Å². The van der Waals surface area contributed by atoms with Crippen molar-refractivity contribution in [3.63, 3.8) is 0 Å². The van der Waals surface area contributed by atoms with Crippen LogP contribution in [0.1, 0.15) is 11.1 Å². The zero-order valence-corrected chi connectivity index (χ0v) is 11.2. The lowest BCUT2D eigenvalue weighted by Crippen LogP contribution is -2.21. The predicted octanol–water partition coefficient (Wildman–Crippen LogP) is 0.475. The molecule has 3 rings (SSSR count). The highest BCUT2D eigenvalue weighted by atomic mass is 16.1. The van der Waals surface area contributed by atoms with E-state index in [0.29, 0.717) is 0 Å². The fourth-order valence-corrected chi connectivity index (χ4v) is 1.89. The van der Waals surface area contributed by atoms with Crippen LogP contribution in [-0.2, 0) is 0 Å². The van der Waals surface area contributed by atoms with Crippen LogP contribution in [0.15, 0.2) is 34.2 Å². The van der Waals surface area contributed by atoms with Crippen LogP contribution in [0.2, 0.25) is 0 Å². The number of nitrogens with one attached hydrogen (secondary N) is 1. The number of H-pyrrole nitrogens is 1. The van der Waals surface area contributed by atoms with E-state index in [1.807, 2.05) is 31.2 Å². The molecule has 2 heterocycles. The van der Waals surface area contributed by atoms with E-state index in [1.54, 1.807) is 0 Å². The Hall–Kier alpha value is -3.16. The molecular formula is C13H13N7O. The molecule has 5 N–H and O–H groups in total. The topological polar surface area (TPSA) is 128 Å². The maximum Gasteiger partial charge on any atom is 0.289 e. The van der Waals surface area contributed by atoms with E-state index in [9.17, 15) is 4.79 Å². The molecule has 0 fully saturated rings. The summed E-state index contributed by atoms with van der Waals surface area (Å²) in [6, 6.07) is 7.67. The van der Waals surface area contributed by atoms with Crippen LogP contribution in [0, 0.1) is 6.92 Å². The first-order chi connectivity index (χ1) is 10.1. The van der Waals surface area contributed by atoms with E-state index in [2.05, 4.69) is 20.3 Å². The molecule has 106 valence electrons. The number of benzene rings is 1. The summed E-state index contributed by atoms with van der Waals surface area (Å²) in [5.41, 5.74) is 13.1. The van der Waals surface area contributed by atoms with Gasteiger partial charge in [0, 0.05) is 0 Å². The quantitative estimate of drug-likeness (QED) is 0.589. The third kappa shape index (κ3) is 2.22. The minimum absolute atomic E-state index is 0.0534. The van der Waals surface area contributed by atoms with Gasteiger partial charge in [0.25, 0.3) is 5.56 Å². The summed E-state index contributed by atoms with van der Waals surface area (Å²) >= 11 is 0. The molecule has 8 heteroatoms. The molecule has 2 aromatic heterocycles. The van der Waals surface area contributed by atoms with Gasteiger partial charge in [0.1, 0.15) is 11.2 Å². The molecule has 0 atom stereocenters. The Morgan fingerprint density at radius 3 is 2.71 bits per heavy atom. The van der Waals surface area contributed by atoms with E-state index >= 15 is 0 Å². The molecule has 1 aromatic carbocycles. The highest BCUT2D eigenvalue weighted by Gasteiger charge is 2.13. The number of aromatic amines is 1. The standard InChI is InChI=1S/C13H13N7O/c1-7-2-4-8(5-3-7)6-16-20-12(21)9-10(14)18-19-11(9)17-13(20)15/h2-6H,1H3,(H5,14,15,17,18,19)/b16-6+. The van der Waals surface area contributed by atoms with Crippen molar-refractivity contribution < 1.29 is 0 Å². The average molecular weight is 283 g/mol. The molecule has 0 unspecified atom stereocenters. The van der Waals surface area contributed by atoms with Gasteiger partial charge in [-0.2, -0.15) is 19.9 Å². The first-order valence-corrected chi connectivity index (χ1v) is 6.19. The maximum absolute atomic E-state index is 12.3. The van der Waals surface area contributed by atoms with Crippen molar-refractivity contribution in [1.29, 1.82) is 0 Å². The fraction of sp³-hybridized carbons (Fsp3) is 0.0769. The van der Waals surface area contributed by atoms with Gasteiger partial charge >= 0.3 is 0 Å². The summed E-state index contributed by atoms with van der Waals surface area (Å²) in [6.45, 7) is 1.99. The summed E-state index contributed by atoms with van der Waals surface area (Å²) in [5, 5.41) is 10.5. The SMILES string of the molecule is Cc1ccc(/C=N/n2c(N)nc3n[nH]c(N)c3c2=O)cc1. The van der Waals surface area contributed by atoms with E-state index < -0.39 is 5.56 Å². The number of fused-ring (bicyclic) bond motifs is 1. The van der Waals surface area contributed by atoms with Crippen LogP contribution in [0.25, 0.3) is 11.0 Å². The van der Waals surface area contributed by atoms with Crippen molar-refractivity contribution >= 4 is 29.0 Å². The molecule has 0 aliphatic carbocycles. The maximum atomic E-state index is 12.3. The normalized spacial score (nSPS) is 11.5. The number of nitrogens with zero attached hydrogens (tertiary/aromatic N) is 4. The Morgan fingerprint density at radius 1 is 1.29 bits per heavy atom. The largest absolute Gasteiger partial charge is 0.383 e. The second-order valence-electron chi connectivity index (χ2n) is 4.58. The summed E-state index contributed by atoms with van der Waals surface area (Å²) < 4.78 is 0.994. The molecule has 0 radical (unpaired) electrons. The smallest absolute Gasteiger partial charge is 0.289 e. The van der Waals surface area contributed by atoms with Gasteiger partial charge in [-0.15, -0.1) is 0 Å². The minimum atomic E-state index is -0.466. The number of anilines is 2. The highest BCUT2D eigenvalue weighted by molar-refractivity contribution is 5.85. The fourth-order valence-electron chi connectivity index (χ4n) is 1.89. The summed E-state index contributed by atoms with van der Waals surface area (Å²) in [6.07, 6.45) is 1.53. The van der Waals surface area contributed by atoms with Gasteiger partial charge in [-0.25, -0.2) is 0 Å². The van der Waals surface area contributed by atoms with Gasteiger partial charge in [-0.05, 0) is 12.5 Å². The predicted molar refractivity (Wildman–Crippen MR) is 81.1 cm³/mol. The number of hydrogen-bond acceptors (Lipinski definition) is 6. The Morgan fingerprint density at radius 2 is 2.00 bits per heavy atom. The Kier molecular flexibility index (Phi) is 2.90. The van der Waals surface area contributed by atoms with Gasteiger partial charge in [0.15, 0.2) is 5.65 Å². The molecule has 0 aliphatic heterocycles. The van der Waals surface area contributed by atoms with E-state index in [0.717, 1.165) is 15.8 Å². The Balaban J connectivity index is 2.10. The molecule has 0 aliphatic rings. The lowest BCUT2D eigenvalue weighted by molar-refractivity contribution is 0.834. The number of aromatic nitrogens is 4. The van der Waals surface area contributed by atoms with Crippen molar-refractivity contribution in [2.24, 2.45) is 5.10 Å². The van der Waals surface area contributed by atoms with Crippen molar-refractivity contribution in [3.8, 4) is 0 Å².